The number of nitrogens with one attached hydrogen (secondary N) is 1. The van der Waals surface area contributed by atoms with E-state index in [4.69, 9.17) is 12.2 Å². The van der Waals surface area contributed by atoms with Gasteiger partial charge in [0.15, 0.2) is 0 Å². The molecule has 2 amide bonds. The molecule has 154 valence electrons. The fraction of sp³-hybridized carbons (Fsp3) is 0.333. The van der Waals surface area contributed by atoms with E-state index in [0.29, 0.717) is 11.3 Å². The fourth-order valence-electron chi connectivity index (χ4n) is 2.74. The largest absolute Gasteiger partial charge is 0.480 e. The molecule has 0 bridgehead atoms. The average molecular weight is 433 g/mol. The first kappa shape index (κ1) is 22.8. The Morgan fingerprint density at radius 1 is 1.31 bits per heavy atom. The third-order valence-electron chi connectivity index (χ3n) is 4.52. The Hall–Kier alpha value is -2.45. The van der Waals surface area contributed by atoms with Crippen molar-refractivity contribution in [1.29, 1.82) is 0 Å². The highest BCUT2D eigenvalue weighted by Crippen LogP contribution is 2.31. The summed E-state index contributed by atoms with van der Waals surface area (Å²) in [6.07, 6.45) is 4.29. The van der Waals surface area contributed by atoms with Gasteiger partial charge in [0.1, 0.15) is 16.9 Å². The number of carboxylic acid groups (broad SMARTS) is 1. The SMILES string of the molecule is CCC(C)C(NC(=O)CN1C(=O)/C(=C/C(C)=C/c2ccccc2)SC1=S)C(=O)O. The predicted molar refractivity (Wildman–Crippen MR) is 119 cm³/mol. The van der Waals surface area contributed by atoms with Gasteiger partial charge in [-0.05, 0) is 30.1 Å². The number of rotatable bonds is 8. The maximum atomic E-state index is 12.7. The van der Waals surface area contributed by atoms with Crippen LogP contribution in [-0.2, 0) is 14.4 Å². The number of carbonyl (C=O) groups is 3. The van der Waals surface area contributed by atoms with E-state index in [-0.39, 0.29) is 22.7 Å². The zero-order valence-electron chi connectivity index (χ0n) is 16.5. The Morgan fingerprint density at radius 2 is 1.97 bits per heavy atom. The number of aliphatic carboxylic acids is 1. The number of hydrogen-bond donors (Lipinski definition) is 2. The van der Waals surface area contributed by atoms with Crippen LogP contribution in [0.2, 0.25) is 0 Å². The first-order valence-corrected chi connectivity index (χ1v) is 10.5. The summed E-state index contributed by atoms with van der Waals surface area (Å²) in [4.78, 5) is 38.0. The summed E-state index contributed by atoms with van der Waals surface area (Å²) in [5, 5.41) is 11.8. The lowest BCUT2D eigenvalue weighted by molar-refractivity contribution is -0.143. The van der Waals surface area contributed by atoms with Gasteiger partial charge in [0, 0.05) is 0 Å². The molecule has 1 aromatic carbocycles. The van der Waals surface area contributed by atoms with E-state index in [2.05, 4.69) is 5.32 Å². The number of amides is 2. The number of thiocarbonyl (C=S) groups is 1. The summed E-state index contributed by atoms with van der Waals surface area (Å²) in [5.74, 6) is -2.23. The van der Waals surface area contributed by atoms with Gasteiger partial charge in [-0.15, -0.1) is 0 Å². The van der Waals surface area contributed by atoms with Crippen LogP contribution >= 0.6 is 24.0 Å². The van der Waals surface area contributed by atoms with Gasteiger partial charge in [-0.2, -0.15) is 0 Å². The van der Waals surface area contributed by atoms with Crippen molar-refractivity contribution >= 4 is 52.2 Å². The molecule has 1 aromatic rings. The monoisotopic (exact) mass is 432 g/mol. The second-order valence-electron chi connectivity index (χ2n) is 6.84. The predicted octanol–water partition coefficient (Wildman–Crippen LogP) is 3.45. The van der Waals surface area contributed by atoms with Crippen LogP contribution in [0.3, 0.4) is 0 Å². The summed E-state index contributed by atoms with van der Waals surface area (Å²) in [6.45, 7) is 5.19. The van der Waals surface area contributed by atoms with Crippen molar-refractivity contribution in [1.82, 2.24) is 10.2 Å². The summed E-state index contributed by atoms with van der Waals surface area (Å²) < 4.78 is 0.277. The van der Waals surface area contributed by atoms with Gasteiger partial charge in [-0.3, -0.25) is 14.5 Å². The maximum Gasteiger partial charge on any atom is 0.326 e. The molecule has 0 saturated carbocycles. The average Bonchev–Trinajstić information content (AvgIpc) is 2.93. The first-order valence-electron chi connectivity index (χ1n) is 9.23. The lowest BCUT2D eigenvalue weighted by Gasteiger charge is -2.21. The third-order valence-corrected chi connectivity index (χ3v) is 5.90. The first-order chi connectivity index (χ1) is 13.7. The van der Waals surface area contributed by atoms with Crippen LogP contribution in [0.1, 0.15) is 32.8 Å². The highest BCUT2D eigenvalue weighted by Gasteiger charge is 2.34. The van der Waals surface area contributed by atoms with Gasteiger partial charge in [0.25, 0.3) is 5.91 Å². The molecule has 2 unspecified atom stereocenters. The van der Waals surface area contributed by atoms with E-state index in [1.165, 1.54) is 4.90 Å². The third kappa shape index (κ3) is 6.27. The molecule has 0 radical (unpaired) electrons. The van der Waals surface area contributed by atoms with E-state index in [1.54, 1.807) is 13.0 Å². The molecular formula is C21H24N2O4S2. The quantitative estimate of drug-likeness (QED) is 0.483. The Kier molecular flexibility index (Phi) is 8.16. The molecule has 0 aliphatic carbocycles. The summed E-state index contributed by atoms with van der Waals surface area (Å²) >= 11 is 6.38. The molecule has 1 saturated heterocycles. The molecule has 29 heavy (non-hydrogen) atoms. The van der Waals surface area contributed by atoms with Crippen LogP contribution in [0.25, 0.3) is 6.08 Å². The lowest BCUT2D eigenvalue weighted by Crippen LogP contribution is -2.49. The van der Waals surface area contributed by atoms with Crippen molar-refractivity contribution in [3.05, 3.63) is 52.4 Å². The van der Waals surface area contributed by atoms with E-state index in [9.17, 15) is 19.5 Å². The van der Waals surface area contributed by atoms with Crippen LogP contribution in [0.15, 0.2) is 46.9 Å². The molecule has 8 heteroatoms. The Bertz CT molecular complexity index is 865. The smallest absolute Gasteiger partial charge is 0.326 e. The van der Waals surface area contributed by atoms with Crippen molar-refractivity contribution in [3.8, 4) is 0 Å². The minimum Gasteiger partial charge on any atom is -0.480 e. The molecule has 2 atom stereocenters. The van der Waals surface area contributed by atoms with Crippen molar-refractivity contribution < 1.29 is 19.5 Å². The Morgan fingerprint density at radius 3 is 2.55 bits per heavy atom. The molecular weight excluding hydrogens is 408 g/mol. The van der Waals surface area contributed by atoms with Crippen molar-refractivity contribution in [2.45, 2.75) is 33.2 Å². The molecule has 2 rings (SSSR count). The lowest BCUT2D eigenvalue weighted by atomic mass is 9.99. The molecule has 1 fully saturated rings. The zero-order valence-corrected chi connectivity index (χ0v) is 18.2. The van der Waals surface area contributed by atoms with E-state index in [1.807, 2.05) is 50.3 Å². The van der Waals surface area contributed by atoms with E-state index >= 15 is 0 Å². The van der Waals surface area contributed by atoms with Crippen molar-refractivity contribution in [3.63, 3.8) is 0 Å². The van der Waals surface area contributed by atoms with Gasteiger partial charge in [0.05, 0.1) is 4.91 Å². The second-order valence-corrected chi connectivity index (χ2v) is 8.51. The number of carboxylic acids is 1. The van der Waals surface area contributed by atoms with Crippen LogP contribution < -0.4 is 5.32 Å². The fourth-order valence-corrected chi connectivity index (χ4v) is 4.05. The highest BCUT2D eigenvalue weighted by molar-refractivity contribution is 8.26. The zero-order chi connectivity index (χ0) is 21.6. The molecule has 1 heterocycles. The van der Waals surface area contributed by atoms with Gasteiger partial charge >= 0.3 is 5.97 Å². The van der Waals surface area contributed by atoms with Crippen molar-refractivity contribution in [2.75, 3.05) is 6.54 Å². The number of nitrogens with zero attached hydrogens (tertiary/aromatic N) is 1. The Balaban J connectivity index is 2.07. The molecule has 2 N–H and O–H groups in total. The molecule has 6 nitrogen and oxygen atoms in total. The van der Waals surface area contributed by atoms with E-state index < -0.39 is 17.9 Å². The van der Waals surface area contributed by atoms with Gasteiger partial charge < -0.3 is 10.4 Å². The topological polar surface area (TPSA) is 86.7 Å². The minimum atomic E-state index is -1.10. The van der Waals surface area contributed by atoms with E-state index in [0.717, 1.165) is 22.9 Å². The molecule has 0 aromatic heterocycles. The summed E-state index contributed by atoms with van der Waals surface area (Å²) in [5.41, 5.74) is 1.89. The normalized spacial score (nSPS) is 18.1. The van der Waals surface area contributed by atoms with Crippen LogP contribution in [-0.4, -0.2) is 44.7 Å². The summed E-state index contributed by atoms with van der Waals surface area (Å²) in [7, 11) is 0. The van der Waals surface area contributed by atoms with Crippen LogP contribution in [0.5, 0.6) is 0 Å². The van der Waals surface area contributed by atoms with Crippen LogP contribution in [0, 0.1) is 5.92 Å². The van der Waals surface area contributed by atoms with Crippen LogP contribution in [0.4, 0.5) is 0 Å². The summed E-state index contributed by atoms with van der Waals surface area (Å²) in [6, 6.07) is 8.71. The molecule has 1 aliphatic heterocycles. The maximum absolute atomic E-state index is 12.7. The second kappa shape index (κ2) is 10.4. The minimum absolute atomic E-state index is 0.228. The molecule has 0 spiro atoms. The number of hydrogen-bond acceptors (Lipinski definition) is 5. The number of allylic oxidation sites excluding steroid dienone is 2. The standard InChI is InChI=1S/C21H24N2O4S2/c1-4-14(3)18(20(26)27)22-17(24)12-23-19(25)16(29-21(23)28)11-13(2)10-15-8-6-5-7-9-15/h5-11,14,18H,4,12H2,1-3H3,(H,22,24)(H,26,27)/b13-10+,16-11-. The van der Waals surface area contributed by atoms with Gasteiger partial charge in [-0.1, -0.05) is 80.7 Å². The number of thioether (sulfide) groups is 1. The van der Waals surface area contributed by atoms with Crippen molar-refractivity contribution in [2.24, 2.45) is 5.92 Å². The Labute approximate surface area is 180 Å². The number of benzene rings is 1. The molecule has 1 aliphatic rings. The van der Waals surface area contributed by atoms with Gasteiger partial charge in [-0.25, -0.2) is 4.79 Å². The van der Waals surface area contributed by atoms with Gasteiger partial charge in [0.2, 0.25) is 5.91 Å². The highest BCUT2D eigenvalue weighted by atomic mass is 32.2. The number of carbonyl (C=O) groups excluding carboxylic acids is 2.